The van der Waals surface area contributed by atoms with Crippen LogP contribution in [0.5, 0.6) is 0 Å². The average Bonchev–Trinajstić information content (AvgIpc) is 2.71. The quantitative estimate of drug-likeness (QED) is 0.424. The van der Waals surface area contributed by atoms with Crippen molar-refractivity contribution in [2.75, 3.05) is 12.5 Å². The van der Waals surface area contributed by atoms with Gasteiger partial charge < -0.3 is 0 Å². The van der Waals surface area contributed by atoms with E-state index in [0.29, 0.717) is 0 Å². The summed E-state index contributed by atoms with van der Waals surface area (Å²) in [5, 5.41) is 1.99. The van der Waals surface area contributed by atoms with Crippen molar-refractivity contribution in [3.05, 3.63) is 47.8 Å². The average molecular weight is 393 g/mol. The summed E-state index contributed by atoms with van der Waals surface area (Å²) in [6, 6.07) is 12.5. The van der Waals surface area contributed by atoms with Crippen LogP contribution in [-0.4, -0.2) is 32.4 Å². The van der Waals surface area contributed by atoms with E-state index in [0.717, 1.165) is 61.1 Å². The molecule has 0 aliphatic rings. The first-order chi connectivity index (χ1) is 13.1. The van der Waals surface area contributed by atoms with E-state index in [1.807, 2.05) is 25.5 Å². The summed E-state index contributed by atoms with van der Waals surface area (Å²) >= 11 is 3.28. The molecule has 4 rings (SSSR count). The summed E-state index contributed by atoms with van der Waals surface area (Å²) < 4.78 is 0. The molecule has 136 valence electrons. The lowest BCUT2D eigenvalue weighted by Gasteiger charge is -2.09. The Hall–Kier alpha value is -2.18. The van der Waals surface area contributed by atoms with Gasteiger partial charge in [-0.05, 0) is 61.2 Å². The fourth-order valence-corrected chi connectivity index (χ4v) is 4.29. The topological polar surface area (TPSA) is 51.6 Å². The largest absolute Gasteiger partial charge is 0.249 e. The van der Waals surface area contributed by atoms with Gasteiger partial charge in [0, 0.05) is 0 Å². The molecule has 0 amide bonds. The van der Waals surface area contributed by atoms with Crippen molar-refractivity contribution in [1.29, 1.82) is 0 Å². The van der Waals surface area contributed by atoms with Gasteiger partial charge >= 0.3 is 0 Å². The molecule has 2 aromatic heterocycles. The number of thioether (sulfide) groups is 2. The molecule has 0 saturated heterocycles. The van der Waals surface area contributed by atoms with Crippen LogP contribution in [0, 0.1) is 6.92 Å². The van der Waals surface area contributed by atoms with E-state index in [1.165, 1.54) is 0 Å². The van der Waals surface area contributed by atoms with E-state index in [9.17, 15) is 0 Å². The molecule has 0 spiro atoms. The van der Waals surface area contributed by atoms with Crippen molar-refractivity contribution in [2.24, 2.45) is 0 Å². The van der Waals surface area contributed by atoms with Crippen LogP contribution in [0.3, 0.4) is 0 Å². The molecule has 0 N–H and O–H groups in total. The molecule has 0 radical (unpaired) electrons. The molecule has 2 aromatic carbocycles. The maximum atomic E-state index is 4.84. The molecule has 0 unspecified atom stereocenters. The lowest BCUT2D eigenvalue weighted by Crippen LogP contribution is -1.96. The van der Waals surface area contributed by atoms with Crippen molar-refractivity contribution in [2.45, 2.75) is 30.3 Å². The number of hydrogen-bond acceptors (Lipinski definition) is 6. The van der Waals surface area contributed by atoms with Gasteiger partial charge in [-0.1, -0.05) is 19.1 Å². The van der Waals surface area contributed by atoms with Gasteiger partial charge in [-0.2, -0.15) is 0 Å². The fourth-order valence-electron chi connectivity index (χ4n) is 3.15. The Balaban J connectivity index is 1.84. The van der Waals surface area contributed by atoms with Gasteiger partial charge in [-0.3, -0.25) is 0 Å². The van der Waals surface area contributed by atoms with Gasteiger partial charge in [0.1, 0.15) is 10.1 Å². The van der Waals surface area contributed by atoms with E-state index in [-0.39, 0.29) is 0 Å². The summed E-state index contributed by atoms with van der Waals surface area (Å²) in [4.78, 5) is 19.0. The molecule has 2 heterocycles. The summed E-state index contributed by atoms with van der Waals surface area (Å²) in [7, 11) is 0. The number of nitrogens with zero attached hydrogens (tertiary/aromatic N) is 4. The fraction of sp³-hybridized carbons (Fsp3) is 0.238. The van der Waals surface area contributed by atoms with Crippen molar-refractivity contribution in [3.8, 4) is 11.1 Å². The van der Waals surface area contributed by atoms with Gasteiger partial charge in [0.25, 0.3) is 0 Å². The molecule has 4 aromatic rings. The zero-order chi connectivity index (χ0) is 19.0. The Kier molecular flexibility index (Phi) is 5.02. The van der Waals surface area contributed by atoms with Crippen molar-refractivity contribution < 1.29 is 0 Å². The van der Waals surface area contributed by atoms with Gasteiger partial charge in [0.05, 0.1) is 33.5 Å². The second kappa shape index (κ2) is 7.44. The highest BCUT2D eigenvalue weighted by molar-refractivity contribution is 7.98. The van der Waals surface area contributed by atoms with Gasteiger partial charge in [0.2, 0.25) is 0 Å². The van der Waals surface area contributed by atoms with Crippen LogP contribution in [0.1, 0.15) is 18.3 Å². The van der Waals surface area contributed by atoms with Crippen LogP contribution in [0.4, 0.5) is 0 Å². The highest BCUT2D eigenvalue weighted by atomic mass is 32.2. The summed E-state index contributed by atoms with van der Waals surface area (Å²) in [5.74, 6) is 0. The van der Waals surface area contributed by atoms with Crippen LogP contribution in [0.25, 0.3) is 33.2 Å². The molecular weight excluding hydrogens is 372 g/mol. The minimum absolute atomic E-state index is 0.881. The molecule has 0 atom stereocenters. The molecule has 0 fully saturated rings. The molecule has 27 heavy (non-hydrogen) atoms. The van der Waals surface area contributed by atoms with Crippen LogP contribution in [-0.2, 0) is 6.42 Å². The van der Waals surface area contributed by atoms with Crippen LogP contribution >= 0.6 is 23.5 Å². The maximum Gasteiger partial charge on any atom is 0.118 e. The number of rotatable bonds is 4. The Bertz CT molecular complexity index is 1160. The lowest BCUT2D eigenvalue weighted by atomic mass is 10.0. The van der Waals surface area contributed by atoms with Crippen LogP contribution in [0.2, 0.25) is 0 Å². The van der Waals surface area contributed by atoms with Crippen LogP contribution < -0.4 is 0 Å². The third-order valence-corrected chi connectivity index (χ3v) is 6.04. The first-order valence-electron chi connectivity index (χ1n) is 8.80. The molecule has 0 aliphatic carbocycles. The third-order valence-electron chi connectivity index (χ3n) is 4.55. The van der Waals surface area contributed by atoms with Crippen molar-refractivity contribution in [3.63, 3.8) is 0 Å². The van der Waals surface area contributed by atoms with E-state index in [1.54, 1.807) is 23.5 Å². The summed E-state index contributed by atoms with van der Waals surface area (Å²) in [6.07, 6.45) is 4.96. The Morgan fingerprint density at radius 1 is 0.704 bits per heavy atom. The standard InChI is InChI=1S/C21H20N4S2/c1-5-15-21(27-4)24-17-9-7-13(10-18(17)23-15)14-6-8-16-19(11-14)25-20(26-3)12(2)22-16/h6-11H,5H2,1-4H3. The predicted octanol–water partition coefficient (Wildman–Crippen LogP) is 5.55. The van der Waals surface area contributed by atoms with Crippen molar-refractivity contribution in [1.82, 2.24) is 19.9 Å². The third kappa shape index (κ3) is 3.39. The van der Waals surface area contributed by atoms with Crippen LogP contribution in [0.15, 0.2) is 46.5 Å². The molecule has 6 heteroatoms. The van der Waals surface area contributed by atoms with Gasteiger partial charge in [0.15, 0.2) is 0 Å². The molecule has 0 bridgehead atoms. The second-order valence-corrected chi connectivity index (χ2v) is 7.85. The Morgan fingerprint density at radius 2 is 1.26 bits per heavy atom. The zero-order valence-corrected chi connectivity index (χ0v) is 17.4. The molecule has 4 nitrogen and oxygen atoms in total. The first kappa shape index (κ1) is 18.2. The smallest absolute Gasteiger partial charge is 0.118 e. The predicted molar refractivity (Wildman–Crippen MR) is 116 cm³/mol. The van der Waals surface area contributed by atoms with Crippen molar-refractivity contribution >= 4 is 45.6 Å². The number of aryl methyl sites for hydroxylation is 2. The number of aromatic nitrogens is 4. The highest BCUT2D eigenvalue weighted by Gasteiger charge is 2.10. The first-order valence-corrected chi connectivity index (χ1v) is 11.2. The Morgan fingerprint density at radius 3 is 1.85 bits per heavy atom. The second-order valence-electron chi connectivity index (χ2n) is 6.26. The monoisotopic (exact) mass is 392 g/mol. The van der Waals surface area contributed by atoms with E-state index in [2.05, 4.69) is 42.2 Å². The van der Waals surface area contributed by atoms with E-state index in [4.69, 9.17) is 15.0 Å². The molecule has 0 saturated carbocycles. The minimum Gasteiger partial charge on any atom is -0.249 e. The molecule has 0 aliphatic heterocycles. The Labute approximate surface area is 167 Å². The number of fused-ring (bicyclic) bond motifs is 2. The lowest BCUT2D eigenvalue weighted by molar-refractivity contribution is 0.945. The van der Waals surface area contributed by atoms with Gasteiger partial charge in [-0.25, -0.2) is 19.9 Å². The minimum atomic E-state index is 0.881. The zero-order valence-electron chi connectivity index (χ0n) is 15.8. The maximum absolute atomic E-state index is 4.84. The summed E-state index contributed by atoms with van der Waals surface area (Å²) in [6.45, 7) is 4.12. The number of hydrogen-bond donors (Lipinski definition) is 0. The highest BCUT2D eigenvalue weighted by Crippen LogP contribution is 2.28. The number of benzene rings is 2. The van der Waals surface area contributed by atoms with E-state index < -0.39 is 0 Å². The SMILES string of the molecule is CCc1nc2cc(-c3ccc4nc(C)c(SC)nc4c3)ccc2nc1SC. The summed E-state index contributed by atoms with van der Waals surface area (Å²) in [5.41, 5.74) is 7.96. The normalized spacial score (nSPS) is 11.4. The molecular formula is C21H20N4S2. The van der Waals surface area contributed by atoms with E-state index >= 15 is 0 Å². The van der Waals surface area contributed by atoms with Gasteiger partial charge in [-0.15, -0.1) is 23.5 Å².